The fourth-order valence-corrected chi connectivity index (χ4v) is 1.92. The van der Waals surface area contributed by atoms with E-state index in [9.17, 15) is 0 Å². The Morgan fingerprint density at radius 1 is 1.11 bits per heavy atom. The Hall–Kier alpha value is -1.62. The van der Waals surface area contributed by atoms with Gasteiger partial charge in [-0.05, 0) is 0 Å². The van der Waals surface area contributed by atoms with E-state index in [2.05, 4.69) is 10.6 Å². The van der Waals surface area contributed by atoms with Crippen molar-refractivity contribution < 1.29 is 14.2 Å². The van der Waals surface area contributed by atoms with Gasteiger partial charge in [0, 0.05) is 37.7 Å². The molecule has 0 bridgehead atoms. The van der Waals surface area contributed by atoms with E-state index in [0.717, 1.165) is 42.6 Å². The van der Waals surface area contributed by atoms with Crippen LogP contribution in [0.4, 0.5) is 5.69 Å². The molecule has 0 amide bonds. The Morgan fingerprint density at radius 3 is 2.11 bits per heavy atom. The standard InChI is InChI=1S/C13H20N2O3/c1-16-10-4-11(17-2)13(12(5-10)18-3)15-8-9-6-14-7-9/h4-5,9,14-15H,6-8H2,1-3H3. The second kappa shape index (κ2) is 5.82. The molecule has 0 spiro atoms. The van der Waals surface area contributed by atoms with Crippen LogP contribution >= 0.6 is 0 Å². The number of hydrogen-bond acceptors (Lipinski definition) is 5. The molecule has 2 rings (SSSR count). The van der Waals surface area contributed by atoms with E-state index in [0.29, 0.717) is 5.92 Å². The normalized spacial score (nSPS) is 14.8. The number of benzene rings is 1. The lowest BCUT2D eigenvalue weighted by Gasteiger charge is -2.28. The summed E-state index contributed by atoms with van der Waals surface area (Å²) in [5, 5.41) is 6.64. The zero-order chi connectivity index (χ0) is 13.0. The third-order valence-corrected chi connectivity index (χ3v) is 3.15. The number of rotatable bonds is 6. The molecule has 1 aromatic carbocycles. The summed E-state index contributed by atoms with van der Waals surface area (Å²) in [6, 6.07) is 3.70. The SMILES string of the molecule is COc1cc(OC)c(NCC2CNC2)c(OC)c1. The van der Waals surface area contributed by atoms with E-state index in [1.807, 2.05) is 12.1 Å². The summed E-state index contributed by atoms with van der Waals surface area (Å²) in [4.78, 5) is 0. The molecular weight excluding hydrogens is 232 g/mol. The zero-order valence-corrected chi connectivity index (χ0v) is 11.1. The highest BCUT2D eigenvalue weighted by Gasteiger charge is 2.19. The van der Waals surface area contributed by atoms with Gasteiger partial charge < -0.3 is 24.8 Å². The predicted octanol–water partition coefficient (Wildman–Crippen LogP) is 1.34. The maximum Gasteiger partial charge on any atom is 0.149 e. The summed E-state index contributed by atoms with van der Waals surface area (Å²) < 4.78 is 16.0. The Bertz CT molecular complexity index is 380. The van der Waals surface area contributed by atoms with E-state index < -0.39 is 0 Å². The topological polar surface area (TPSA) is 51.8 Å². The number of ether oxygens (including phenoxy) is 3. The Balaban J connectivity index is 2.18. The predicted molar refractivity (Wildman–Crippen MR) is 70.9 cm³/mol. The van der Waals surface area contributed by atoms with Gasteiger partial charge in [-0.3, -0.25) is 0 Å². The lowest BCUT2D eigenvalue weighted by Crippen LogP contribution is -2.45. The monoisotopic (exact) mass is 252 g/mol. The largest absolute Gasteiger partial charge is 0.496 e. The first-order valence-corrected chi connectivity index (χ1v) is 6.03. The number of hydrogen-bond donors (Lipinski definition) is 2. The van der Waals surface area contributed by atoms with Crippen molar-refractivity contribution in [2.24, 2.45) is 5.92 Å². The molecule has 0 aromatic heterocycles. The van der Waals surface area contributed by atoms with Crippen LogP contribution in [0.5, 0.6) is 17.2 Å². The fraction of sp³-hybridized carbons (Fsp3) is 0.538. The van der Waals surface area contributed by atoms with Crippen LogP contribution in [0.15, 0.2) is 12.1 Å². The molecule has 0 aliphatic carbocycles. The second-order valence-electron chi connectivity index (χ2n) is 4.31. The van der Waals surface area contributed by atoms with Gasteiger partial charge in [-0.2, -0.15) is 0 Å². The van der Waals surface area contributed by atoms with Gasteiger partial charge in [0.15, 0.2) is 0 Å². The minimum atomic E-state index is 0.668. The Kier molecular flexibility index (Phi) is 4.15. The minimum absolute atomic E-state index is 0.668. The highest BCUT2D eigenvalue weighted by atomic mass is 16.5. The first kappa shape index (κ1) is 12.8. The minimum Gasteiger partial charge on any atom is -0.496 e. The van der Waals surface area contributed by atoms with Gasteiger partial charge in [0.1, 0.15) is 22.9 Å². The van der Waals surface area contributed by atoms with Gasteiger partial charge >= 0.3 is 0 Å². The third-order valence-electron chi connectivity index (χ3n) is 3.15. The average molecular weight is 252 g/mol. The van der Waals surface area contributed by atoms with Crippen molar-refractivity contribution in [3.05, 3.63) is 12.1 Å². The van der Waals surface area contributed by atoms with Crippen molar-refractivity contribution >= 4 is 5.69 Å². The number of nitrogens with one attached hydrogen (secondary N) is 2. The quantitative estimate of drug-likeness (QED) is 0.800. The molecule has 2 N–H and O–H groups in total. The van der Waals surface area contributed by atoms with E-state index in [-0.39, 0.29) is 0 Å². The summed E-state index contributed by atoms with van der Waals surface area (Å²) in [6.07, 6.45) is 0. The lowest BCUT2D eigenvalue weighted by molar-refractivity contribution is 0.360. The second-order valence-corrected chi connectivity index (χ2v) is 4.31. The summed E-state index contributed by atoms with van der Waals surface area (Å²) in [5.74, 6) is 2.86. The molecule has 1 fully saturated rings. The molecule has 0 unspecified atom stereocenters. The van der Waals surface area contributed by atoms with Crippen LogP contribution in [0.25, 0.3) is 0 Å². The molecule has 0 atom stereocenters. The van der Waals surface area contributed by atoms with Crippen LogP contribution < -0.4 is 24.8 Å². The fourth-order valence-electron chi connectivity index (χ4n) is 1.92. The average Bonchev–Trinajstić information content (AvgIpc) is 2.36. The molecule has 5 heteroatoms. The van der Waals surface area contributed by atoms with Crippen LogP contribution in [0.1, 0.15) is 0 Å². The van der Waals surface area contributed by atoms with E-state index in [4.69, 9.17) is 14.2 Å². The van der Waals surface area contributed by atoms with Crippen molar-refractivity contribution in [3.63, 3.8) is 0 Å². The van der Waals surface area contributed by atoms with Crippen molar-refractivity contribution in [2.45, 2.75) is 0 Å². The maximum atomic E-state index is 5.38. The zero-order valence-electron chi connectivity index (χ0n) is 11.1. The van der Waals surface area contributed by atoms with E-state index in [1.165, 1.54) is 0 Å². The highest BCUT2D eigenvalue weighted by molar-refractivity contribution is 5.68. The molecule has 18 heavy (non-hydrogen) atoms. The smallest absolute Gasteiger partial charge is 0.149 e. The molecule has 1 aliphatic heterocycles. The molecule has 1 heterocycles. The molecule has 0 radical (unpaired) electrons. The number of anilines is 1. The van der Waals surface area contributed by atoms with Gasteiger partial charge in [0.05, 0.1) is 21.3 Å². The summed E-state index contributed by atoms with van der Waals surface area (Å²) in [5.41, 5.74) is 0.882. The molecule has 0 saturated carbocycles. The van der Waals surface area contributed by atoms with Crippen LogP contribution in [-0.2, 0) is 0 Å². The van der Waals surface area contributed by atoms with Gasteiger partial charge in [-0.25, -0.2) is 0 Å². The van der Waals surface area contributed by atoms with Gasteiger partial charge in [-0.15, -0.1) is 0 Å². The Morgan fingerprint density at radius 2 is 1.72 bits per heavy atom. The molecule has 1 aliphatic rings. The van der Waals surface area contributed by atoms with Crippen molar-refractivity contribution in [2.75, 3.05) is 46.3 Å². The molecule has 100 valence electrons. The van der Waals surface area contributed by atoms with Crippen molar-refractivity contribution in [1.82, 2.24) is 5.32 Å². The number of methoxy groups -OCH3 is 3. The molecule has 5 nitrogen and oxygen atoms in total. The maximum absolute atomic E-state index is 5.38. The van der Waals surface area contributed by atoms with Gasteiger partial charge in [-0.1, -0.05) is 0 Å². The molecule has 1 saturated heterocycles. The van der Waals surface area contributed by atoms with Crippen LogP contribution in [-0.4, -0.2) is 41.0 Å². The lowest BCUT2D eigenvalue weighted by atomic mass is 10.0. The molecular formula is C13H20N2O3. The summed E-state index contributed by atoms with van der Waals surface area (Å²) >= 11 is 0. The summed E-state index contributed by atoms with van der Waals surface area (Å²) in [6.45, 7) is 3.04. The van der Waals surface area contributed by atoms with Crippen LogP contribution in [0, 0.1) is 5.92 Å². The van der Waals surface area contributed by atoms with E-state index in [1.54, 1.807) is 21.3 Å². The highest BCUT2D eigenvalue weighted by Crippen LogP contribution is 2.38. The first-order chi connectivity index (χ1) is 8.78. The summed E-state index contributed by atoms with van der Waals surface area (Å²) in [7, 11) is 4.91. The first-order valence-electron chi connectivity index (χ1n) is 6.03. The third kappa shape index (κ3) is 2.61. The van der Waals surface area contributed by atoms with Crippen LogP contribution in [0.2, 0.25) is 0 Å². The molecule has 1 aromatic rings. The Labute approximate surface area is 107 Å². The van der Waals surface area contributed by atoms with Crippen molar-refractivity contribution in [3.8, 4) is 17.2 Å². The van der Waals surface area contributed by atoms with Gasteiger partial charge in [0.25, 0.3) is 0 Å². The van der Waals surface area contributed by atoms with Crippen LogP contribution in [0.3, 0.4) is 0 Å². The van der Waals surface area contributed by atoms with Gasteiger partial charge in [0.2, 0.25) is 0 Å². The van der Waals surface area contributed by atoms with Crippen molar-refractivity contribution in [1.29, 1.82) is 0 Å². The van der Waals surface area contributed by atoms with E-state index >= 15 is 0 Å².